The zero-order valence-electron chi connectivity index (χ0n) is 11.0. The van der Waals surface area contributed by atoms with Gasteiger partial charge in [0, 0.05) is 0 Å². The summed E-state index contributed by atoms with van der Waals surface area (Å²) in [4.78, 5) is 0. The molecule has 100 valence electrons. The van der Waals surface area contributed by atoms with E-state index in [9.17, 15) is 4.39 Å². The Hall–Kier alpha value is -1.87. The molecule has 0 aromatic heterocycles. The van der Waals surface area contributed by atoms with Crippen LogP contribution in [0.4, 0.5) is 4.39 Å². The maximum Gasteiger partial charge on any atom is 0.123 e. The Bertz CT molecular complexity index is 554. The fraction of sp³-hybridized carbons (Fsp3) is 0.250. The normalized spacial score (nSPS) is 10.5. The Morgan fingerprint density at radius 2 is 1.89 bits per heavy atom. The minimum atomic E-state index is -0.218. The van der Waals surface area contributed by atoms with E-state index in [1.807, 2.05) is 31.2 Å². The number of nitrogens with two attached hydrogens (primary N) is 1. The van der Waals surface area contributed by atoms with E-state index in [0.29, 0.717) is 13.2 Å². The molecule has 0 radical (unpaired) electrons. The molecule has 0 saturated heterocycles. The summed E-state index contributed by atoms with van der Waals surface area (Å²) >= 11 is 0. The van der Waals surface area contributed by atoms with Gasteiger partial charge < -0.3 is 10.5 Å². The number of rotatable bonds is 5. The maximum atomic E-state index is 13.0. The molecule has 0 bridgehead atoms. The molecule has 2 N–H and O–H groups in total. The highest BCUT2D eigenvalue weighted by Crippen LogP contribution is 2.20. The highest BCUT2D eigenvalue weighted by atomic mass is 19.1. The molecule has 2 aromatic carbocycles. The van der Waals surface area contributed by atoms with Crippen molar-refractivity contribution < 1.29 is 9.13 Å². The molecule has 0 aliphatic rings. The van der Waals surface area contributed by atoms with Gasteiger partial charge in [-0.2, -0.15) is 0 Å². The van der Waals surface area contributed by atoms with Gasteiger partial charge in [-0.1, -0.05) is 24.3 Å². The van der Waals surface area contributed by atoms with Gasteiger partial charge in [0.2, 0.25) is 0 Å². The standard InChI is InChI=1S/C16H18FNO/c1-12-10-15(17)7-6-14(12)11-19-16-5-3-2-4-13(16)8-9-18/h2-7,10H,8-9,11,18H2,1H3. The number of hydrogen-bond donors (Lipinski definition) is 1. The molecule has 0 atom stereocenters. The Morgan fingerprint density at radius 1 is 1.11 bits per heavy atom. The molecule has 2 aromatic rings. The average Bonchev–Trinajstić information content (AvgIpc) is 2.40. The van der Waals surface area contributed by atoms with Crippen molar-refractivity contribution in [1.29, 1.82) is 0 Å². The second-order valence-electron chi connectivity index (χ2n) is 4.51. The molecule has 0 spiro atoms. The third-order valence-corrected chi connectivity index (χ3v) is 3.07. The van der Waals surface area contributed by atoms with Crippen LogP contribution >= 0.6 is 0 Å². The van der Waals surface area contributed by atoms with Crippen LogP contribution in [-0.2, 0) is 13.0 Å². The van der Waals surface area contributed by atoms with Crippen molar-refractivity contribution in [3.05, 3.63) is 65.0 Å². The average molecular weight is 259 g/mol. The topological polar surface area (TPSA) is 35.2 Å². The lowest BCUT2D eigenvalue weighted by Gasteiger charge is -2.12. The van der Waals surface area contributed by atoms with Gasteiger partial charge in [0.25, 0.3) is 0 Å². The number of halogens is 1. The first-order valence-electron chi connectivity index (χ1n) is 6.36. The van der Waals surface area contributed by atoms with Crippen molar-refractivity contribution in [3.63, 3.8) is 0 Å². The van der Waals surface area contributed by atoms with E-state index in [4.69, 9.17) is 10.5 Å². The van der Waals surface area contributed by atoms with E-state index >= 15 is 0 Å². The van der Waals surface area contributed by atoms with Crippen molar-refractivity contribution in [2.75, 3.05) is 6.54 Å². The number of para-hydroxylation sites is 1. The Labute approximate surface area is 113 Å². The fourth-order valence-corrected chi connectivity index (χ4v) is 1.98. The lowest BCUT2D eigenvalue weighted by atomic mass is 10.1. The summed E-state index contributed by atoms with van der Waals surface area (Å²) in [6, 6.07) is 12.6. The number of benzene rings is 2. The molecular formula is C16H18FNO. The monoisotopic (exact) mass is 259 g/mol. The van der Waals surface area contributed by atoms with Crippen LogP contribution in [0.1, 0.15) is 16.7 Å². The quantitative estimate of drug-likeness (QED) is 0.894. The second-order valence-corrected chi connectivity index (χ2v) is 4.51. The Balaban J connectivity index is 2.10. The predicted molar refractivity (Wildman–Crippen MR) is 74.7 cm³/mol. The SMILES string of the molecule is Cc1cc(F)ccc1COc1ccccc1CCN. The van der Waals surface area contributed by atoms with Gasteiger partial charge in [0.15, 0.2) is 0 Å². The van der Waals surface area contributed by atoms with E-state index < -0.39 is 0 Å². The second kappa shape index (κ2) is 6.34. The molecule has 0 aliphatic heterocycles. The van der Waals surface area contributed by atoms with Crippen LogP contribution in [0.15, 0.2) is 42.5 Å². The molecule has 0 fully saturated rings. The van der Waals surface area contributed by atoms with E-state index in [1.54, 1.807) is 6.07 Å². The van der Waals surface area contributed by atoms with Gasteiger partial charge in [0.1, 0.15) is 18.2 Å². The molecule has 0 amide bonds. The molecule has 2 rings (SSSR count). The van der Waals surface area contributed by atoms with Crippen LogP contribution in [0.3, 0.4) is 0 Å². The van der Waals surface area contributed by atoms with Crippen LogP contribution in [0.25, 0.3) is 0 Å². The molecule has 19 heavy (non-hydrogen) atoms. The first-order chi connectivity index (χ1) is 9.20. The van der Waals surface area contributed by atoms with E-state index in [-0.39, 0.29) is 5.82 Å². The summed E-state index contributed by atoms with van der Waals surface area (Å²) in [5, 5.41) is 0. The van der Waals surface area contributed by atoms with Crippen molar-refractivity contribution in [2.45, 2.75) is 20.0 Å². The fourth-order valence-electron chi connectivity index (χ4n) is 1.98. The van der Waals surface area contributed by atoms with Crippen molar-refractivity contribution >= 4 is 0 Å². The Morgan fingerprint density at radius 3 is 2.63 bits per heavy atom. The summed E-state index contributed by atoms with van der Waals surface area (Å²) in [5.74, 6) is 0.626. The number of ether oxygens (including phenoxy) is 1. The van der Waals surface area contributed by atoms with Gasteiger partial charge in [-0.15, -0.1) is 0 Å². The number of aryl methyl sites for hydroxylation is 1. The number of hydrogen-bond acceptors (Lipinski definition) is 2. The molecule has 0 saturated carbocycles. The van der Waals surface area contributed by atoms with Crippen molar-refractivity contribution in [2.24, 2.45) is 5.73 Å². The van der Waals surface area contributed by atoms with Crippen LogP contribution in [-0.4, -0.2) is 6.54 Å². The first kappa shape index (κ1) is 13.6. The van der Waals surface area contributed by atoms with Gasteiger partial charge in [-0.3, -0.25) is 0 Å². The van der Waals surface area contributed by atoms with Gasteiger partial charge in [-0.25, -0.2) is 4.39 Å². The summed E-state index contributed by atoms with van der Waals surface area (Å²) in [7, 11) is 0. The summed E-state index contributed by atoms with van der Waals surface area (Å²) in [5.41, 5.74) is 8.57. The lowest BCUT2D eigenvalue weighted by Crippen LogP contribution is -2.06. The van der Waals surface area contributed by atoms with E-state index in [2.05, 4.69) is 0 Å². The molecule has 0 unspecified atom stereocenters. The maximum absolute atomic E-state index is 13.0. The van der Waals surface area contributed by atoms with Crippen LogP contribution in [0, 0.1) is 12.7 Å². The van der Waals surface area contributed by atoms with Crippen LogP contribution < -0.4 is 10.5 Å². The highest BCUT2D eigenvalue weighted by Gasteiger charge is 2.04. The summed E-state index contributed by atoms with van der Waals surface area (Å²) in [6.45, 7) is 2.91. The van der Waals surface area contributed by atoms with Crippen LogP contribution in [0.5, 0.6) is 5.75 Å². The van der Waals surface area contributed by atoms with Crippen molar-refractivity contribution in [3.8, 4) is 5.75 Å². The molecule has 3 heteroatoms. The minimum Gasteiger partial charge on any atom is -0.489 e. The van der Waals surface area contributed by atoms with Crippen molar-refractivity contribution in [1.82, 2.24) is 0 Å². The lowest BCUT2D eigenvalue weighted by molar-refractivity contribution is 0.302. The molecule has 0 heterocycles. The first-order valence-corrected chi connectivity index (χ1v) is 6.36. The van der Waals surface area contributed by atoms with E-state index in [0.717, 1.165) is 28.9 Å². The largest absolute Gasteiger partial charge is 0.489 e. The van der Waals surface area contributed by atoms with Crippen LogP contribution in [0.2, 0.25) is 0 Å². The third-order valence-electron chi connectivity index (χ3n) is 3.07. The zero-order chi connectivity index (χ0) is 13.7. The minimum absolute atomic E-state index is 0.218. The predicted octanol–water partition coefficient (Wildman–Crippen LogP) is 3.21. The van der Waals surface area contributed by atoms with Gasteiger partial charge in [0.05, 0.1) is 0 Å². The molecule has 0 aliphatic carbocycles. The molecule has 2 nitrogen and oxygen atoms in total. The third kappa shape index (κ3) is 3.55. The zero-order valence-corrected chi connectivity index (χ0v) is 11.0. The Kier molecular flexibility index (Phi) is 4.53. The van der Waals surface area contributed by atoms with E-state index in [1.165, 1.54) is 12.1 Å². The summed E-state index contributed by atoms with van der Waals surface area (Å²) in [6.07, 6.45) is 0.790. The van der Waals surface area contributed by atoms with Gasteiger partial charge in [-0.05, 0) is 54.8 Å². The van der Waals surface area contributed by atoms with Gasteiger partial charge >= 0.3 is 0 Å². The molecular weight excluding hydrogens is 241 g/mol. The highest BCUT2D eigenvalue weighted by molar-refractivity contribution is 5.34. The smallest absolute Gasteiger partial charge is 0.123 e. The summed E-state index contributed by atoms with van der Waals surface area (Å²) < 4.78 is 18.8.